The fraction of sp³-hybridized carbons (Fsp3) is 1.00. The number of hydrogen-bond acceptors (Lipinski definition) is 4. The molecule has 0 aliphatic rings. The van der Waals surface area contributed by atoms with E-state index in [1.54, 1.807) is 7.11 Å². The minimum Gasteiger partial charge on any atom is -0.385 e. The lowest BCUT2D eigenvalue weighted by Crippen LogP contribution is -2.50. The normalized spacial score (nSPS) is 13.1. The average Bonchev–Trinajstić information content (AvgIpc) is 1.99. The Balaban J connectivity index is 3.75. The van der Waals surface area contributed by atoms with Gasteiger partial charge in [0.1, 0.15) is 0 Å². The summed E-state index contributed by atoms with van der Waals surface area (Å²) in [5, 5.41) is 3.18. The summed E-state index contributed by atoms with van der Waals surface area (Å²) in [7, 11) is -1.48. The lowest BCUT2D eigenvalue weighted by molar-refractivity contribution is 0.193. The van der Waals surface area contributed by atoms with Crippen LogP contribution in [0.15, 0.2) is 0 Å². The summed E-state index contributed by atoms with van der Waals surface area (Å²) in [4.78, 5) is 0. The van der Waals surface area contributed by atoms with Crippen LogP contribution in [0.4, 0.5) is 0 Å². The Bertz CT molecular complexity index is 263. The first-order valence-electron chi connectivity index (χ1n) is 4.95. The molecule has 15 heavy (non-hydrogen) atoms. The topological polar surface area (TPSA) is 67.4 Å². The molecule has 0 amide bonds. The highest BCUT2D eigenvalue weighted by molar-refractivity contribution is 7.88. The maximum atomic E-state index is 11.0. The Labute approximate surface area is 92.6 Å². The summed E-state index contributed by atoms with van der Waals surface area (Å²) >= 11 is 0. The van der Waals surface area contributed by atoms with Crippen molar-refractivity contribution in [2.24, 2.45) is 0 Å². The molecule has 0 aliphatic carbocycles. The van der Waals surface area contributed by atoms with Crippen molar-refractivity contribution >= 4 is 10.0 Å². The van der Waals surface area contributed by atoms with Gasteiger partial charge in [0.25, 0.3) is 0 Å². The van der Waals surface area contributed by atoms with Crippen LogP contribution in [-0.2, 0) is 14.8 Å². The minimum atomic E-state index is -3.14. The van der Waals surface area contributed by atoms with E-state index in [1.807, 2.05) is 13.8 Å². The SMILES string of the molecule is COCCCNCC(C)(C)NS(C)(=O)=O. The van der Waals surface area contributed by atoms with Crippen molar-refractivity contribution in [2.45, 2.75) is 25.8 Å². The molecule has 0 spiro atoms. The van der Waals surface area contributed by atoms with Crippen LogP contribution in [0.5, 0.6) is 0 Å². The standard InChI is InChI=1S/C9H22N2O3S/c1-9(2,11-15(4,12)13)8-10-6-5-7-14-3/h10-11H,5-8H2,1-4H3. The fourth-order valence-corrected chi connectivity index (χ4v) is 2.36. The molecule has 0 radical (unpaired) electrons. The third-order valence-electron chi connectivity index (χ3n) is 1.73. The molecule has 0 unspecified atom stereocenters. The molecule has 0 bridgehead atoms. The number of sulfonamides is 1. The Hall–Kier alpha value is -0.170. The van der Waals surface area contributed by atoms with Crippen molar-refractivity contribution < 1.29 is 13.2 Å². The molecule has 6 heteroatoms. The van der Waals surface area contributed by atoms with Gasteiger partial charge in [0, 0.05) is 25.8 Å². The van der Waals surface area contributed by atoms with Crippen molar-refractivity contribution in [1.29, 1.82) is 0 Å². The largest absolute Gasteiger partial charge is 0.385 e. The first-order chi connectivity index (χ1) is 6.77. The second-order valence-corrected chi connectivity index (χ2v) is 6.03. The summed E-state index contributed by atoms with van der Waals surface area (Å²) in [6, 6.07) is 0. The molecule has 0 aromatic heterocycles. The number of ether oxygens (including phenoxy) is 1. The van der Waals surface area contributed by atoms with Crippen molar-refractivity contribution in [3.05, 3.63) is 0 Å². The first-order valence-corrected chi connectivity index (χ1v) is 6.84. The van der Waals surface area contributed by atoms with Gasteiger partial charge < -0.3 is 10.1 Å². The smallest absolute Gasteiger partial charge is 0.209 e. The number of nitrogens with one attached hydrogen (secondary N) is 2. The van der Waals surface area contributed by atoms with E-state index in [4.69, 9.17) is 4.74 Å². The zero-order valence-electron chi connectivity index (χ0n) is 9.96. The Morgan fingerprint density at radius 1 is 1.33 bits per heavy atom. The van der Waals surface area contributed by atoms with Gasteiger partial charge in [0.15, 0.2) is 0 Å². The molecule has 0 saturated heterocycles. The Kier molecular flexibility index (Phi) is 6.35. The summed E-state index contributed by atoms with van der Waals surface area (Å²) in [6.07, 6.45) is 2.09. The summed E-state index contributed by atoms with van der Waals surface area (Å²) < 4.78 is 29.5. The summed E-state index contributed by atoms with van der Waals surface area (Å²) in [6.45, 7) is 5.83. The van der Waals surface area contributed by atoms with E-state index >= 15 is 0 Å². The van der Waals surface area contributed by atoms with Gasteiger partial charge in [-0.2, -0.15) is 0 Å². The van der Waals surface area contributed by atoms with E-state index in [0.717, 1.165) is 13.0 Å². The molecular weight excluding hydrogens is 216 g/mol. The second kappa shape index (κ2) is 6.42. The van der Waals surface area contributed by atoms with E-state index < -0.39 is 15.6 Å². The number of hydrogen-bond donors (Lipinski definition) is 2. The molecule has 0 rings (SSSR count). The minimum absolute atomic E-state index is 0.458. The number of methoxy groups -OCH3 is 1. The molecule has 2 N–H and O–H groups in total. The fourth-order valence-electron chi connectivity index (χ4n) is 1.28. The van der Waals surface area contributed by atoms with E-state index in [0.29, 0.717) is 13.2 Å². The highest BCUT2D eigenvalue weighted by Crippen LogP contribution is 2.01. The molecule has 5 nitrogen and oxygen atoms in total. The molecular formula is C9H22N2O3S. The van der Waals surface area contributed by atoms with Crippen LogP contribution >= 0.6 is 0 Å². The van der Waals surface area contributed by atoms with E-state index in [2.05, 4.69) is 10.0 Å². The monoisotopic (exact) mass is 238 g/mol. The summed E-state index contributed by atoms with van der Waals surface area (Å²) in [5.41, 5.74) is -0.458. The quantitative estimate of drug-likeness (QED) is 0.581. The molecule has 0 saturated carbocycles. The molecule has 0 fully saturated rings. The van der Waals surface area contributed by atoms with Crippen LogP contribution < -0.4 is 10.0 Å². The van der Waals surface area contributed by atoms with Gasteiger partial charge >= 0.3 is 0 Å². The van der Waals surface area contributed by atoms with E-state index in [1.165, 1.54) is 6.26 Å². The van der Waals surface area contributed by atoms with Crippen LogP contribution in [-0.4, -0.2) is 47.0 Å². The van der Waals surface area contributed by atoms with Crippen molar-refractivity contribution in [3.63, 3.8) is 0 Å². The van der Waals surface area contributed by atoms with Gasteiger partial charge in [-0.15, -0.1) is 0 Å². The molecule has 92 valence electrons. The van der Waals surface area contributed by atoms with E-state index in [9.17, 15) is 8.42 Å². The lowest BCUT2D eigenvalue weighted by atomic mass is 10.1. The van der Waals surface area contributed by atoms with E-state index in [-0.39, 0.29) is 0 Å². The van der Waals surface area contributed by atoms with Gasteiger partial charge in [0.05, 0.1) is 6.26 Å². The predicted octanol–water partition coefficient (Wildman–Crippen LogP) is -0.0597. The third kappa shape index (κ3) is 10.1. The van der Waals surface area contributed by atoms with Crippen LogP contribution in [0.25, 0.3) is 0 Å². The van der Waals surface area contributed by atoms with Crippen molar-refractivity contribution in [1.82, 2.24) is 10.0 Å². The summed E-state index contributed by atoms with van der Waals surface area (Å²) in [5.74, 6) is 0. The first kappa shape index (κ1) is 14.8. The van der Waals surface area contributed by atoms with Crippen molar-refractivity contribution in [2.75, 3.05) is 33.1 Å². The highest BCUT2D eigenvalue weighted by Gasteiger charge is 2.21. The predicted molar refractivity (Wildman–Crippen MR) is 61.4 cm³/mol. The van der Waals surface area contributed by atoms with Crippen LogP contribution in [0, 0.1) is 0 Å². The molecule has 0 aromatic carbocycles. The molecule has 0 atom stereocenters. The molecule has 0 aliphatic heterocycles. The van der Waals surface area contributed by atoms with Crippen LogP contribution in [0.3, 0.4) is 0 Å². The van der Waals surface area contributed by atoms with Gasteiger partial charge in [-0.05, 0) is 26.8 Å². The van der Waals surface area contributed by atoms with Crippen LogP contribution in [0.1, 0.15) is 20.3 Å². The maximum Gasteiger partial charge on any atom is 0.209 e. The average molecular weight is 238 g/mol. The van der Waals surface area contributed by atoms with Crippen molar-refractivity contribution in [3.8, 4) is 0 Å². The zero-order chi connectivity index (χ0) is 11.9. The zero-order valence-corrected chi connectivity index (χ0v) is 10.8. The van der Waals surface area contributed by atoms with Gasteiger partial charge in [-0.3, -0.25) is 0 Å². The Morgan fingerprint density at radius 3 is 2.40 bits per heavy atom. The van der Waals surface area contributed by atoms with Crippen LogP contribution in [0.2, 0.25) is 0 Å². The molecule has 0 aromatic rings. The lowest BCUT2D eigenvalue weighted by Gasteiger charge is -2.25. The third-order valence-corrected chi connectivity index (χ3v) is 2.65. The number of rotatable bonds is 8. The molecule has 0 heterocycles. The second-order valence-electron chi connectivity index (χ2n) is 4.28. The Morgan fingerprint density at radius 2 is 1.93 bits per heavy atom. The highest BCUT2D eigenvalue weighted by atomic mass is 32.2. The van der Waals surface area contributed by atoms with Gasteiger partial charge in [-0.25, -0.2) is 13.1 Å². The maximum absolute atomic E-state index is 11.0. The van der Waals surface area contributed by atoms with Gasteiger partial charge in [-0.1, -0.05) is 0 Å². The van der Waals surface area contributed by atoms with Gasteiger partial charge in [0.2, 0.25) is 10.0 Å².